The van der Waals surface area contributed by atoms with Crippen LogP contribution in [0.25, 0.3) is 0 Å². The summed E-state index contributed by atoms with van der Waals surface area (Å²) in [6, 6.07) is 1.40. The Bertz CT molecular complexity index is 474. The number of rotatable bonds is 3. The molecule has 1 aliphatic heterocycles. The van der Waals surface area contributed by atoms with Gasteiger partial charge in [0.25, 0.3) is 5.91 Å². The molecule has 0 spiro atoms. The number of carbonyl (C=O) groups is 1. The van der Waals surface area contributed by atoms with Crippen LogP contribution in [-0.2, 0) is 9.47 Å². The second kappa shape index (κ2) is 6.00. The van der Waals surface area contributed by atoms with Crippen LogP contribution in [0.5, 0.6) is 0 Å². The number of nitrogens with zero attached hydrogens (tertiary/aromatic N) is 3. The maximum absolute atomic E-state index is 12.3. The molecule has 0 saturated carbocycles. The van der Waals surface area contributed by atoms with E-state index < -0.39 is 0 Å². The summed E-state index contributed by atoms with van der Waals surface area (Å²) in [6.07, 6.45) is -0.309. The van der Waals surface area contributed by atoms with Crippen molar-refractivity contribution in [3.8, 4) is 0 Å². The molecule has 0 bridgehead atoms. The fourth-order valence-corrected chi connectivity index (χ4v) is 2.36. The molecular weight excluding hydrogens is 293 g/mol. The molecule has 0 N–H and O–H groups in total. The normalized spacial score (nSPS) is 22.8. The Morgan fingerprint density at radius 2 is 1.84 bits per heavy atom. The molecule has 8 heteroatoms. The molecule has 1 saturated heterocycles. The third kappa shape index (κ3) is 2.97. The number of hydrogen-bond donors (Lipinski definition) is 0. The van der Waals surface area contributed by atoms with Crippen LogP contribution in [0, 0.1) is 0 Å². The van der Waals surface area contributed by atoms with E-state index in [0.717, 1.165) is 0 Å². The molecular formula is C11H13Cl2N3O3. The first-order valence-electron chi connectivity index (χ1n) is 5.60. The average molecular weight is 306 g/mol. The Hall–Kier alpha value is -0.950. The van der Waals surface area contributed by atoms with Crippen molar-refractivity contribution in [3.63, 3.8) is 0 Å². The van der Waals surface area contributed by atoms with Gasteiger partial charge in [-0.3, -0.25) is 4.79 Å². The first-order valence-corrected chi connectivity index (χ1v) is 6.36. The van der Waals surface area contributed by atoms with Gasteiger partial charge >= 0.3 is 0 Å². The average Bonchev–Trinajstić information content (AvgIpc) is 2.84. The molecule has 2 unspecified atom stereocenters. The first kappa shape index (κ1) is 14.5. The van der Waals surface area contributed by atoms with Gasteiger partial charge in [0.15, 0.2) is 10.3 Å². The predicted octanol–water partition coefficient (Wildman–Crippen LogP) is 1.27. The quantitative estimate of drug-likeness (QED) is 0.841. The van der Waals surface area contributed by atoms with E-state index in [-0.39, 0.29) is 34.0 Å². The molecule has 1 fully saturated rings. The summed E-state index contributed by atoms with van der Waals surface area (Å²) in [4.78, 5) is 13.9. The van der Waals surface area contributed by atoms with Crippen molar-refractivity contribution in [2.45, 2.75) is 12.2 Å². The van der Waals surface area contributed by atoms with Crippen LogP contribution in [0.4, 0.5) is 0 Å². The van der Waals surface area contributed by atoms with Crippen molar-refractivity contribution in [3.05, 3.63) is 21.9 Å². The van der Waals surface area contributed by atoms with Gasteiger partial charge in [-0.1, -0.05) is 23.2 Å². The molecule has 1 amide bonds. The lowest BCUT2D eigenvalue weighted by atomic mass is 10.3. The Morgan fingerprint density at radius 1 is 1.26 bits per heavy atom. The van der Waals surface area contributed by atoms with Crippen molar-refractivity contribution in [1.82, 2.24) is 15.1 Å². The van der Waals surface area contributed by atoms with Gasteiger partial charge in [-0.2, -0.15) is 0 Å². The third-order valence-electron chi connectivity index (χ3n) is 3.06. The van der Waals surface area contributed by atoms with Crippen molar-refractivity contribution in [2.24, 2.45) is 0 Å². The van der Waals surface area contributed by atoms with Gasteiger partial charge in [0.05, 0.1) is 5.56 Å². The van der Waals surface area contributed by atoms with Gasteiger partial charge in [-0.15, -0.1) is 10.2 Å². The standard InChI is InChI=1S/C11H13Cl2N3O3/c1-18-7-4-16(5-8(7)19-2)11(17)6-3-9(12)14-15-10(6)13/h3,7-8H,4-5H2,1-2H3. The second-order valence-corrected chi connectivity index (χ2v) is 4.88. The number of methoxy groups -OCH3 is 2. The van der Waals surface area contributed by atoms with Crippen molar-refractivity contribution in [2.75, 3.05) is 27.3 Å². The minimum Gasteiger partial charge on any atom is -0.377 e. The van der Waals surface area contributed by atoms with Gasteiger partial charge < -0.3 is 14.4 Å². The predicted molar refractivity (Wildman–Crippen MR) is 69.5 cm³/mol. The van der Waals surface area contributed by atoms with E-state index in [1.807, 2.05) is 0 Å². The summed E-state index contributed by atoms with van der Waals surface area (Å²) in [6.45, 7) is 0.869. The lowest BCUT2D eigenvalue weighted by Gasteiger charge is -2.16. The molecule has 2 rings (SSSR count). The molecule has 1 aromatic rings. The summed E-state index contributed by atoms with van der Waals surface area (Å²) < 4.78 is 10.6. The van der Waals surface area contributed by atoms with Crippen LogP contribution >= 0.6 is 23.2 Å². The van der Waals surface area contributed by atoms with Crippen LogP contribution in [0.3, 0.4) is 0 Å². The van der Waals surface area contributed by atoms with Crippen molar-refractivity contribution >= 4 is 29.1 Å². The monoisotopic (exact) mass is 305 g/mol. The van der Waals surface area contributed by atoms with Crippen molar-refractivity contribution in [1.29, 1.82) is 0 Å². The summed E-state index contributed by atoms with van der Waals surface area (Å²) >= 11 is 11.6. The molecule has 0 aromatic carbocycles. The maximum atomic E-state index is 12.3. The zero-order chi connectivity index (χ0) is 14.0. The maximum Gasteiger partial charge on any atom is 0.257 e. The molecule has 2 atom stereocenters. The molecule has 2 heterocycles. The fraction of sp³-hybridized carbons (Fsp3) is 0.545. The molecule has 1 aromatic heterocycles. The Labute approximate surface area is 120 Å². The van der Waals surface area contributed by atoms with Crippen LogP contribution < -0.4 is 0 Å². The highest BCUT2D eigenvalue weighted by atomic mass is 35.5. The summed E-state index contributed by atoms with van der Waals surface area (Å²) in [7, 11) is 3.17. The lowest BCUT2D eigenvalue weighted by Crippen LogP contribution is -2.30. The zero-order valence-corrected chi connectivity index (χ0v) is 12.0. The highest BCUT2D eigenvalue weighted by Crippen LogP contribution is 2.22. The number of hydrogen-bond acceptors (Lipinski definition) is 5. The number of aromatic nitrogens is 2. The lowest BCUT2D eigenvalue weighted by molar-refractivity contribution is -0.00461. The molecule has 0 aliphatic carbocycles. The summed E-state index contributed by atoms with van der Waals surface area (Å²) in [5.41, 5.74) is 0.230. The Balaban J connectivity index is 2.19. The number of halogens is 2. The van der Waals surface area contributed by atoms with Gasteiger partial charge in [0, 0.05) is 27.3 Å². The van der Waals surface area contributed by atoms with E-state index in [2.05, 4.69) is 10.2 Å². The van der Waals surface area contributed by atoms with E-state index in [0.29, 0.717) is 13.1 Å². The van der Waals surface area contributed by atoms with E-state index >= 15 is 0 Å². The SMILES string of the molecule is COC1CN(C(=O)c2cc(Cl)nnc2Cl)CC1OC. The van der Waals surface area contributed by atoms with Crippen LogP contribution in [-0.4, -0.2) is 60.5 Å². The third-order valence-corrected chi connectivity index (χ3v) is 3.52. The number of ether oxygens (including phenoxy) is 2. The van der Waals surface area contributed by atoms with Crippen LogP contribution in [0.2, 0.25) is 10.3 Å². The van der Waals surface area contributed by atoms with Gasteiger partial charge in [0.2, 0.25) is 0 Å². The summed E-state index contributed by atoms with van der Waals surface area (Å²) in [5.74, 6) is -0.261. The van der Waals surface area contributed by atoms with Crippen LogP contribution in [0.1, 0.15) is 10.4 Å². The number of likely N-dealkylation sites (tertiary alicyclic amines) is 1. The highest BCUT2D eigenvalue weighted by Gasteiger charge is 2.36. The molecule has 6 nitrogen and oxygen atoms in total. The molecule has 104 valence electrons. The topological polar surface area (TPSA) is 64.5 Å². The molecule has 1 aliphatic rings. The van der Waals surface area contributed by atoms with E-state index in [1.165, 1.54) is 6.07 Å². The number of amides is 1. The van der Waals surface area contributed by atoms with E-state index in [4.69, 9.17) is 32.7 Å². The minimum atomic E-state index is -0.261. The van der Waals surface area contributed by atoms with Crippen LogP contribution in [0.15, 0.2) is 6.07 Å². The largest absolute Gasteiger partial charge is 0.377 e. The fourth-order valence-electron chi connectivity index (χ4n) is 2.04. The molecule has 19 heavy (non-hydrogen) atoms. The highest BCUT2D eigenvalue weighted by molar-refractivity contribution is 6.34. The number of carbonyl (C=O) groups excluding carboxylic acids is 1. The van der Waals surface area contributed by atoms with Crippen molar-refractivity contribution < 1.29 is 14.3 Å². The first-order chi connectivity index (χ1) is 9.06. The molecule has 0 radical (unpaired) electrons. The van der Waals surface area contributed by atoms with E-state index in [1.54, 1.807) is 19.1 Å². The zero-order valence-electron chi connectivity index (χ0n) is 10.5. The Kier molecular flexibility index (Phi) is 4.57. The smallest absolute Gasteiger partial charge is 0.257 e. The minimum absolute atomic E-state index is 0.0317. The summed E-state index contributed by atoms with van der Waals surface area (Å²) in [5, 5.41) is 7.35. The van der Waals surface area contributed by atoms with Gasteiger partial charge in [-0.05, 0) is 6.07 Å². The Morgan fingerprint density at radius 3 is 2.37 bits per heavy atom. The van der Waals surface area contributed by atoms with Gasteiger partial charge in [-0.25, -0.2) is 0 Å². The van der Waals surface area contributed by atoms with E-state index in [9.17, 15) is 4.79 Å². The van der Waals surface area contributed by atoms with Gasteiger partial charge in [0.1, 0.15) is 12.2 Å². The second-order valence-electron chi connectivity index (χ2n) is 4.13.